The third kappa shape index (κ3) is 3.88. The molecule has 15 heavy (non-hydrogen) atoms. The van der Waals surface area contributed by atoms with Gasteiger partial charge in [-0.1, -0.05) is 0 Å². The summed E-state index contributed by atoms with van der Waals surface area (Å²) in [5, 5.41) is 12.0. The van der Waals surface area contributed by atoms with Crippen molar-refractivity contribution in [3.63, 3.8) is 0 Å². The third-order valence-electron chi connectivity index (χ3n) is 2.39. The van der Waals surface area contributed by atoms with Crippen LogP contribution in [-0.4, -0.2) is 17.8 Å². The molecule has 0 aromatic heterocycles. The summed E-state index contributed by atoms with van der Waals surface area (Å²) in [5.74, 6) is -0.207. The van der Waals surface area contributed by atoms with Crippen LogP contribution in [0.2, 0.25) is 0 Å². The van der Waals surface area contributed by atoms with E-state index < -0.39 is 0 Å². The van der Waals surface area contributed by atoms with Crippen molar-refractivity contribution in [2.45, 2.75) is 32.7 Å². The first kappa shape index (κ1) is 12.0. The van der Waals surface area contributed by atoms with E-state index in [1.807, 2.05) is 6.92 Å². The highest BCUT2D eigenvalue weighted by Gasteiger charge is 2.04. The highest BCUT2D eigenvalue weighted by Crippen LogP contribution is 2.17. The lowest BCUT2D eigenvalue weighted by Gasteiger charge is -2.16. The molecule has 0 spiro atoms. The first-order chi connectivity index (χ1) is 7.13. The molecule has 2 nitrogen and oxygen atoms in total. The quantitative estimate of drug-likeness (QED) is 0.784. The van der Waals surface area contributed by atoms with Crippen molar-refractivity contribution < 1.29 is 9.50 Å². The molecule has 1 aromatic rings. The minimum Gasteiger partial charge on any atom is -0.396 e. The molecule has 0 radical (unpaired) electrons. The Hall–Kier alpha value is -1.09. The molecule has 0 bridgehead atoms. The van der Waals surface area contributed by atoms with Crippen LogP contribution in [0.5, 0.6) is 0 Å². The number of aliphatic hydroxyl groups is 1. The summed E-state index contributed by atoms with van der Waals surface area (Å²) in [6.45, 7) is 4.15. The summed E-state index contributed by atoms with van der Waals surface area (Å²) >= 11 is 0. The van der Waals surface area contributed by atoms with Gasteiger partial charge in [0.2, 0.25) is 0 Å². The molecule has 1 rings (SSSR count). The zero-order valence-corrected chi connectivity index (χ0v) is 9.26. The number of aliphatic hydroxyl groups excluding tert-OH is 1. The number of aryl methyl sites for hydroxylation is 1. The van der Waals surface area contributed by atoms with Gasteiger partial charge >= 0.3 is 0 Å². The van der Waals surface area contributed by atoms with E-state index in [9.17, 15) is 4.39 Å². The van der Waals surface area contributed by atoms with Crippen molar-refractivity contribution in [2.24, 2.45) is 0 Å². The average molecular weight is 211 g/mol. The van der Waals surface area contributed by atoms with Crippen molar-refractivity contribution >= 4 is 5.69 Å². The third-order valence-corrected chi connectivity index (χ3v) is 2.39. The van der Waals surface area contributed by atoms with Crippen molar-refractivity contribution in [2.75, 3.05) is 11.9 Å². The van der Waals surface area contributed by atoms with Crippen molar-refractivity contribution in [1.82, 2.24) is 0 Å². The zero-order valence-electron chi connectivity index (χ0n) is 9.26. The summed E-state index contributed by atoms with van der Waals surface area (Å²) in [6.07, 6.45) is 1.70. The van der Waals surface area contributed by atoms with E-state index in [4.69, 9.17) is 5.11 Å². The van der Waals surface area contributed by atoms with Crippen LogP contribution in [0.25, 0.3) is 0 Å². The smallest absolute Gasteiger partial charge is 0.123 e. The molecule has 0 aliphatic rings. The second-order valence-corrected chi connectivity index (χ2v) is 3.87. The zero-order chi connectivity index (χ0) is 11.3. The van der Waals surface area contributed by atoms with Gasteiger partial charge in [0.25, 0.3) is 0 Å². The van der Waals surface area contributed by atoms with Gasteiger partial charge < -0.3 is 10.4 Å². The van der Waals surface area contributed by atoms with E-state index in [1.165, 1.54) is 12.1 Å². The Labute approximate surface area is 90.1 Å². The highest BCUT2D eigenvalue weighted by atomic mass is 19.1. The summed E-state index contributed by atoms with van der Waals surface area (Å²) in [4.78, 5) is 0. The largest absolute Gasteiger partial charge is 0.396 e. The lowest BCUT2D eigenvalue weighted by molar-refractivity contribution is 0.282. The van der Waals surface area contributed by atoms with E-state index in [-0.39, 0.29) is 12.4 Å². The second-order valence-electron chi connectivity index (χ2n) is 3.87. The minimum atomic E-state index is -0.207. The maximum atomic E-state index is 12.8. The van der Waals surface area contributed by atoms with E-state index in [2.05, 4.69) is 12.2 Å². The van der Waals surface area contributed by atoms with Gasteiger partial charge in [-0.25, -0.2) is 4.39 Å². The molecule has 3 heteroatoms. The monoisotopic (exact) mass is 211 g/mol. The number of anilines is 1. The molecule has 1 aromatic carbocycles. The molecule has 0 saturated carbocycles. The number of benzene rings is 1. The predicted octanol–water partition coefficient (Wildman–Crippen LogP) is 2.71. The maximum absolute atomic E-state index is 12.8. The molecule has 0 heterocycles. The molecule has 84 valence electrons. The second kappa shape index (κ2) is 5.71. The molecule has 0 saturated heterocycles. The molecule has 1 unspecified atom stereocenters. The molecular weight excluding hydrogens is 193 g/mol. The van der Waals surface area contributed by atoms with Crippen LogP contribution in [0.15, 0.2) is 18.2 Å². The Morgan fingerprint density at radius 2 is 2.20 bits per heavy atom. The standard InChI is InChI=1S/C12H18FNO/c1-9-8-11(13)5-6-12(9)14-10(2)4-3-7-15/h5-6,8,10,14-15H,3-4,7H2,1-2H3. The van der Waals surface area contributed by atoms with Gasteiger partial charge in [0.1, 0.15) is 5.82 Å². The van der Waals surface area contributed by atoms with Crippen LogP contribution in [0, 0.1) is 12.7 Å². The Bertz CT molecular complexity index is 314. The number of hydrogen-bond acceptors (Lipinski definition) is 2. The SMILES string of the molecule is Cc1cc(F)ccc1NC(C)CCCO. The lowest BCUT2D eigenvalue weighted by atomic mass is 10.1. The lowest BCUT2D eigenvalue weighted by Crippen LogP contribution is -2.16. The van der Waals surface area contributed by atoms with E-state index >= 15 is 0 Å². The van der Waals surface area contributed by atoms with Gasteiger partial charge in [-0.3, -0.25) is 0 Å². The maximum Gasteiger partial charge on any atom is 0.123 e. The van der Waals surface area contributed by atoms with Crippen LogP contribution < -0.4 is 5.32 Å². The van der Waals surface area contributed by atoms with Gasteiger partial charge in [-0.05, 0) is 50.5 Å². The number of nitrogens with one attached hydrogen (secondary N) is 1. The summed E-state index contributed by atoms with van der Waals surface area (Å²) in [5.41, 5.74) is 1.87. The first-order valence-electron chi connectivity index (χ1n) is 5.27. The van der Waals surface area contributed by atoms with Crippen LogP contribution >= 0.6 is 0 Å². The Kier molecular flexibility index (Phi) is 4.56. The van der Waals surface area contributed by atoms with Crippen molar-refractivity contribution in [3.05, 3.63) is 29.6 Å². The molecule has 0 amide bonds. The molecule has 0 aliphatic heterocycles. The van der Waals surface area contributed by atoms with Crippen LogP contribution in [0.3, 0.4) is 0 Å². The van der Waals surface area contributed by atoms with Crippen LogP contribution in [0.4, 0.5) is 10.1 Å². The van der Waals surface area contributed by atoms with Gasteiger partial charge in [-0.2, -0.15) is 0 Å². The van der Waals surface area contributed by atoms with E-state index in [1.54, 1.807) is 6.07 Å². The summed E-state index contributed by atoms with van der Waals surface area (Å²) in [7, 11) is 0. The number of rotatable bonds is 5. The van der Waals surface area contributed by atoms with Crippen molar-refractivity contribution in [3.8, 4) is 0 Å². The highest BCUT2D eigenvalue weighted by molar-refractivity contribution is 5.51. The Balaban J connectivity index is 2.56. The Morgan fingerprint density at radius 1 is 1.47 bits per heavy atom. The first-order valence-corrected chi connectivity index (χ1v) is 5.27. The fourth-order valence-electron chi connectivity index (χ4n) is 1.52. The average Bonchev–Trinajstić information content (AvgIpc) is 2.19. The normalized spacial score (nSPS) is 12.5. The van der Waals surface area contributed by atoms with Gasteiger partial charge in [0, 0.05) is 18.3 Å². The van der Waals surface area contributed by atoms with Crippen LogP contribution in [-0.2, 0) is 0 Å². The minimum absolute atomic E-state index is 0.207. The fraction of sp³-hybridized carbons (Fsp3) is 0.500. The summed E-state index contributed by atoms with van der Waals surface area (Å²) in [6, 6.07) is 5.01. The molecular formula is C12H18FNO. The molecule has 1 atom stereocenters. The topological polar surface area (TPSA) is 32.3 Å². The summed E-state index contributed by atoms with van der Waals surface area (Å²) < 4.78 is 12.8. The fourth-order valence-corrected chi connectivity index (χ4v) is 1.52. The van der Waals surface area contributed by atoms with E-state index in [0.717, 1.165) is 24.1 Å². The number of halogens is 1. The Morgan fingerprint density at radius 3 is 2.80 bits per heavy atom. The van der Waals surface area contributed by atoms with Gasteiger partial charge in [0.05, 0.1) is 0 Å². The van der Waals surface area contributed by atoms with Crippen LogP contribution in [0.1, 0.15) is 25.3 Å². The molecule has 0 fully saturated rings. The van der Waals surface area contributed by atoms with Gasteiger partial charge in [0.15, 0.2) is 0 Å². The molecule has 0 aliphatic carbocycles. The predicted molar refractivity (Wildman–Crippen MR) is 60.5 cm³/mol. The number of hydrogen-bond donors (Lipinski definition) is 2. The molecule has 2 N–H and O–H groups in total. The van der Waals surface area contributed by atoms with E-state index in [0.29, 0.717) is 6.04 Å². The van der Waals surface area contributed by atoms with Crippen molar-refractivity contribution in [1.29, 1.82) is 0 Å². The van der Waals surface area contributed by atoms with Gasteiger partial charge in [-0.15, -0.1) is 0 Å².